The summed E-state index contributed by atoms with van der Waals surface area (Å²) in [5.74, 6) is 0.847. The van der Waals surface area contributed by atoms with Crippen LogP contribution in [-0.2, 0) is 22.8 Å². The number of hydrogen-bond acceptors (Lipinski definition) is 6. The van der Waals surface area contributed by atoms with Crippen molar-refractivity contribution in [2.45, 2.75) is 82.2 Å². The van der Waals surface area contributed by atoms with Crippen LogP contribution in [0.15, 0.2) is 36.4 Å². The maximum absolute atomic E-state index is 13.3. The molecule has 9 heteroatoms. The van der Waals surface area contributed by atoms with Crippen molar-refractivity contribution < 1.29 is 24.0 Å². The average molecular weight is 615 g/mol. The first-order valence-electron chi connectivity index (χ1n) is 15.5. The molecule has 7 nitrogen and oxygen atoms in total. The Balaban J connectivity index is 1.41. The van der Waals surface area contributed by atoms with E-state index < -0.39 is 17.3 Å². The van der Waals surface area contributed by atoms with Gasteiger partial charge >= 0.3 is 0 Å². The number of benzene rings is 2. The zero-order valence-electron chi connectivity index (χ0n) is 24.6. The van der Waals surface area contributed by atoms with E-state index in [9.17, 15) is 19.2 Å². The van der Waals surface area contributed by atoms with Gasteiger partial charge in [0.2, 0.25) is 0 Å². The van der Waals surface area contributed by atoms with Crippen molar-refractivity contribution in [2.24, 2.45) is 23.7 Å². The molecule has 2 aliphatic heterocycles. The van der Waals surface area contributed by atoms with E-state index in [1.54, 1.807) is 6.07 Å². The molecule has 0 saturated heterocycles. The van der Waals surface area contributed by atoms with Gasteiger partial charge in [-0.3, -0.25) is 9.52 Å². The number of rotatable bonds is 1. The molecule has 7 atom stereocenters. The van der Waals surface area contributed by atoms with E-state index in [0.29, 0.717) is 18.1 Å². The van der Waals surface area contributed by atoms with Gasteiger partial charge in [-0.05, 0) is 111 Å². The van der Waals surface area contributed by atoms with Gasteiger partial charge in [-0.2, -0.15) is 0 Å². The second kappa shape index (κ2) is 12.1. The molecule has 6 unspecified atom stereocenters. The van der Waals surface area contributed by atoms with Crippen LogP contribution in [0.4, 0.5) is 5.69 Å². The first-order chi connectivity index (χ1) is 20.1. The minimum atomic E-state index is -1.54. The summed E-state index contributed by atoms with van der Waals surface area (Å²) in [5, 5.41) is 21.4. The molecular formula is C33H43ClN2O5S. The predicted molar refractivity (Wildman–Crippen MR) is 166 cm³/mol. The number of amides is 1. The number of hydrogen-bond donors (Lipinski definition) is 3. The Morgan fingerprint density at radius 3 is 2.69 bits per heavy atom. The van der Waals surface area contributed by atoms with Crippen LogP contribution in [0.25, 0.3) is 0 Å². The highest BCUT2D eigenvalue weighted by Crippen LogP contribution is 2.48. The molecule has 2 aliphatic carbocycles. The second-order valence-corrected chi connectivity index (χ2v) is 15.2. The minimum absolute atomic E-state index is 0.119. The van der Waals surface area contributed by atoms with E-state index in [2.05, 4.69) is 28.7 Å². The minimum Gasteiger partial charge on any atom is -0.490 e. The molecule has 4 aliphatic rings. The Kier molecular flexibility index (Phi) is 8.62. The molecule has 42 heavy (non-hydrogen) atoms. The molecule has 1 fully saturated rings. The summed E-state index contributed by atoms with van der Waals surface area (Å²) >= 11 is 6.40. The first-order valence-corrected chi connectivity index (χ1v) is 17.1. The van der Waals surface area contributed by atoms with Crippen LogP contribution in [0.5, 0.6) is 5.75 Å². The van der Waals surface area contributed by atoms with E-state index in [1.165, 1.54) is 11.1 Å². The Morgan fingerprint density at radius 2 is 1.93 bits per heavy atom. The number of nitrogens with zero attached hydrogens (tertiary/aromatic N) is 1. The normalized spacial score (nSPS) is 33.6. The molecule has 2 heterocycles. The van der Waals surface area contributed by atoms with Gasteiger partial charge in [-0.15, -0.1) is 0 Å². The standard InChI is InChI=1S/C33H43ClN2O5S/c1-20-5-3-7-27(32(38)39)26-11-8-24(26)17-36-18-33(14-4-6-22-15-25(34)10-12-28(22)33)19-41-30-13-9-23(16-29(30)36)31(37)35-42(40)21(20)2/h9-10,12-13,15-16,20-21,24,26-27,32,38-39H,3-8,11,14,17-19H2,1-2H3,(H,35,37)/t20?,21?,24?,26?,27?,33-,42?/m0/s1. The number of carbonyl (C=O) groups is 1. The number of fused-ring (bicyclic) bond motifs is 4. The number of ether oxygens (including phenoxy) is 1. The van der Waals surface area contributed by atoms with Gasteiger partial charge < -0.3 is 19.8 Å². The Bertz CT molecular complexity index is 1350. The molecule has 1 amide bonds. The van der Waals surface area contributed by atoms with Crippen molar-refractivity contribution >= 4 is 34.2 Å². The van der Waals surface area contributed by atoms with E-state index in [4.69, 9.17) is 16.3 Å². The Morgan fingerprint density at radius 1 is 1.10 bits per heavy atom. The third-order valence-corrected chi connectivity index (χ3v) is 12.5. The van der Waals surface area contributed by atoms with Crippen molar-refractivity contribution in [3.05, 3.63) is 58.1 Å². The summed E-state index contributed by atoms with van der Waals surface area (Å²) in [7, 11) is -1.54. The summed E-state index contributed by atoms with van der Waals surface area (Å²) in [6, 6.07) is 11.7. The monoisotopic (exact) mass is 614 g/mol. The molecule has 2 bridgehead atoms. The zero-order valence-corrected chi connectivity index (χ0v) is 26.1. The topological polar surface area (TPSA) is 99.1 Å². The van der Waals surface area contributed by atoms with Gasteiger partial charge in [0.15, 0.2) is 6.29 Å². The van der Waals surface area contributed by atoms with Gasteiger partial charge in [0.05, 0.1) is 17.5 Å². The van der Waals surface area contributed by atoms with E-state index in [0.717, 1.165) is 80.9 Å². The maximum Gasteiger partial charge on any atom is 0.263 e. The van der Waals surface area contributed by atoms with Crippen LogP contribution in [0.1, 0.15) is 80.3 Å². The van der Waals surface area contributed by atoms with Crippen molar-refractivity contribution in [3.8, 4) is 5.75 Å². The highest BCUT2D eigenvalue weighted by atomic mass is 35.5. The Hall–Kier alpha value is -2.13. The lowest BCUT2D eigenvalue weighted by molar-refractivity contribution is -0.124. The number of aliphatic hydroxyl groups is 2. The summed E-state index contributed by atoms with van der Waals surface area (Å²) in [4.78, 5) is 15.7. The lowest BCUT2D eigenvalue weighted by Gasteiger charge is -2.47. The van der Waals surface area contributed by atoms with E-state index in [1.807, 2.05) is 25.1 Å². The fourth-order valence-electron chi connectivity index (χ4n) is 7.87. The van der Waals surface area contributed by atoms with Crippen molar-refractivity contribution in [1.82, 2.24) is 4.72 Å². The van der Waals surface area contributed by atoms with Gasteiger partial charge in [0, 0.05) is 35.0 Å². The molecular weight excluding hydrogens is 572 g/mol. The highest BCUT2D eigenvalue weighted by molar-refractivity contribution is 7.84. The van der Waals surface area contributed by atoms with Gasteiger partial charge in [0.1, 0.15) is 16.7 Å². The number of aliphatic hydroxyl groups excluding tert-OH is 1. The molecule has 2 aromatic carbocycles. The quantitative estimate of drug-likeness (QED) is 0.374. The SMILES string of the molecule is CC1CCCC(C(O)O)C2CCC2CN2C[C@@]3(CCCc4cc(Cl)ccc43)COc3ccc(cc32)C(=O)NS(=O)C1C. The van der Waals surface area contributed by atoms with E-state index in [-0.39, 0.29) is 34.3 Å². The molecule has 2 aromatic rings. The molecule has 228 valence electrons. The molecule has 0 radical (unpaired) electrons. The van der Waals surface area contributed by atoms with Crippen LogP contribution >= 0.6 is 11.6 Å². The van der Waals surface area contributed by atoms with Crippen molar-refractivity contribution in [3.63, 3.8) is 0 Å². The highest BCUT2D eigenvalue weighted by Gasteiger charge is 2.45. The van der Waals surface area contributed by atoms with Crippen molar-refractivity contribution in [1.29, 1.82) is 0 Å². The van der Waals surface area contributed by atoms with Crippen LogP contribution < -0.4 is 14.4 Å². The van der Waals surface area contributed by atoms with Crippen LogP contribution in [0, 0.1) is 23.7 Å². The average Bonchev–Trinajstić information content (AvgIpc) is 3.10. The molecule has 3 N–H and O–H groups in total. The molecule has 1 spiro atoms. The largest absolute Gasteiger partial charge is 0.490 e. The number of aryl methyl sites for hydroxylation is 1. The van der Waals surface area contributed by atoms with Crippen LogP contribution in [-0.4, -0.2) is 51.6 Å². The number of halogens is 1. The maximum atomic E-state index is 13.3. The summed E-state index contributed by atoms with van der Waals surface area (Å²) in [5.41, 5.74) is 3.65. The lowest BCUT2D eigenvalue weighted by Crippen LogP contribution is -2.50. The third-order valence-electron chi connectivity index (χ3n) is 10.7. The van der Waals surface area contributed by atoms with E-state index >= 15 is 0 Å². The van der Waals surface area contributed by atoms with Crippen LogP contribution in [0.2, 0.25) is 5.02 Å². The summed E-state index contributed by atoms with van der Waals surface area (Å²) < 4.78 is 22.5. The smallest absolute Gasteiger partial charge is 0.263 e. The summed E-state index contributed by atoms with van der Waals surface area (Å²) in [6.45, 7) is 5.97. The van der Waals surface area contributed by atoms with Crippen LogP contribution in [0.3, 0.4) is 0 Å². The lowest BCUT2D eigenvalue weighted by atomic mass is 9.65. The van der Waals surface area contributed by atoms with Gasteiger partial charge in [-0.1, -0.05) is 31.0 Å². The number of nitrogens with one attached hydrogen (secondary N) is 1. The fourth-order valence-corrected chi connectivity index (χ4v) is 9.11. The second-order valence-electron chi connectivity index (χ2n) is 13.2. The number of anilines is 1. The summed E-state index contributed by atoms with van der Waals surface area (Å²) in [6.07, 6.45) is 6.04. The Labute approximate surface area is 256 Å². The predicted octanol–water partition coefficient (Wildman–Crippen LogP) is 5.37. The molecule has 1 saturated carbocycles. The fraction of sp³-hybridized carbons (Fsp3) is 0.606. The number of carbonyl (C=O) groups excluding carboxylic acids is 1. The zero-order chi connectivity index (χ0) is 29.6. The first kappa shape index (κ1) is 29.9. The van der Waals surface area contributed by atoms with Crippen molar-refractivity contribution in [2.75, 3.05) is 24.6 Å². The van der Waals surface area contributed by atoms with Gasteiger partial charge in [0.25, 0.3) is 5.91 Å². The third kappa shape index (κ3) is 5.72. The van der Waals surface area contributed by atoms with Gasteiger partial charge in [-0.25, -0.2) is 4.21 Å². The molecule has 0 aromatic heterocycles. The molecule has 6 rings (SSSR count).